The number of carbonyl (C=O) groups is 2. The highest BCUT2D eigenvalue weighted by atomic mass is 16.5. The second-order valence-corrected chi connectivity index (χ2v) is 6.41. The molecule has 0 bridgehead atoms. The average molecular weight is 359 g/mol. The number of ether oxygens (including phenoxy) is 1. The van der Waals surface area contributed by atoms with E-state index in [-0.39, 0.29) is 30.9 Å². The Labute approximate surface area is 149 Å². The van der Waals surface area contributed by atoms with E-state index in [2.05, 4.69) is 20.5 Å². The first-order valence-electron chi connectivity index (χ1n) is 8.40. The third-order valence-corrected chi connectivity index (χ3v) is 4.00. The molecule has 138 valence electrons. The highest BCUT2D eigenvalue weighted by molar-refractivity contribution is 6.00. The summed E-state index contributed by atoms with van der Waals surface area (Å²) < 4.78 is 5.59. The number of H-pyrrole nitrogens is 2. The highest BCUT2D eigenvalue weighted by Crippen LogP contribution is 2.27. The molecule has 1 aromatic heterocycles. The van der Waals surface area contributed by atoms with Crippen LogP contribution in [0.1, 0.15) is 26.1 Å². The average Bonchev–Trinajstić information content (AvgIpc) is 3.19. The molecule has 1 aromatic carbocycles. The van der Waals surface area contributed by atoms with Crippen molar-refractivity contribution in [2.45, 2.75) is 32.9 Å². The van der Waals surface area contributed by atoms with Gasteiger partial charge in [0.2, 0.25) is 11.8 Å². The van der Waals surface area contributed by atoms with Gasteiger partial charge in [0.25, 0.3) is 0 Å². The van der Waals surface area contributed by atoms with Crippen LogP contribution >= 0.6 is 0 Å². The van der Waals surface area contributed by atoms with Gasteiger partial charge in [-0.15, -0.1) is 0 Å². The topological polar surface area (TPSA) is 120 Å². The molecule has 2 amide bonds. The van der Waals surface area contributed by atoms with E-state index in [9.17, 15) is 14.4 Å². The van der Waals surface area contributed by atoms with E-state index in [1.54, 1.807) is 4.90 Å². The Kier molecular flexibility index (Phi) is 5.06. The van der Waals surface area contributed by atoms with Crippen LogP contribution in [0.3, 0.4) is 0 Å². The van der Waals surface area contributed by atoms with Crippen molar-refractivity contribution in [3.05, 3.63) is 40.6 Å². The van der Waals surface area contributed by atoms with Crippen LogP contribution < -0.4 is 20.6 Å². The van der Waals surface area contributed by atoms with Crippen molar-refractivity contribution in [3.63, 3.8) is 0 Å². The molecular formula is C17H21N5O4. The number of aromatic amines is 2. The minimum atomic E-state index is -0.445. The van der Waals surface area contributed by atoms with Crippen molar-refractivity contribution in [1.82, 2.24) is 20.5 Å². The Morgan fingerprint density at radius 3 is 2.69 bits per heavy atom. The summed E-state index contributed by atoms with van der Waals surface area (Å²) in [6.07, 6.45) is 0.222. The Balaban J connectivity index is 1.59. The van der Waals surface area contributed by atoms with E-state index in [1.165, 1.54) is 0 Å². The Morgan fingerprint density at radius 1 is 1.35 bits per heavy atom. The summed E-state index contributed by atoms with van der Waals surface area (Å²) >= 11 is 0. The highest BCUT2D eigenvalue weighted by Gasteiger charge is 2.35. The molecule has 1 fully saturated rings. The van der Waals surface area contributed by atoms with Gasteiger partial charge in [-0.1, -0.05) is 0 Å². The molecule has 0 spiro atoms. The summed E-state index contributed by atoms with van der Waals surface area (Å²) in [5.74, 6) is 0.281. The first kappa shape index (κ1) is 17.7. The number of hydrogen-bond acceptors (Lipinski definition) is 5. The molecule has 9 heteroatoms. The second kappa shape index (κ2) is 7.42. The normalized spacial score (nSPS) is 17.0. The van der Waals surface area contributed by atoms with Gasteiger partial charge < -0.3 is 15.0 Å². The number of nitrogens with zero attached hydrogens (tertiary/aromatic N) is 2. The van der Waals surface area contributed by atoms with E-state index >= 15 is 0 Å². The summed E-state index contributed by atoms with van der Waals surface area (Å²) in [4.78, 5) is 39.6. The molecule has 3 N–H and O–H groups in total. The van der Waals surface area contributed by atoms with Crippen LogP contribution in [0.2, 0.25) is 0 Å². The van der Waals surface area contributed by atoms with E-state index < -0.39 is 11.6 Å². The van der Waals surface area contributed by atoms with Gasteiger partial charge in [-0.2, -0.15) is 5.10 Å². The van der Waals surface area contributed by atoms with Crippen molar-refractivity contribution < 1.29 is 14.3 Å². The molecule has 26 heavy (non-hydrogen) atoms. The first-order valence-corrected chi connectivity index (χ1v) is 8.40. The lowest BCUT2D eigenvalue weighted by molar-refractivity contribution is -0.126. The van der Waals surface area contributed by atoms with Crippen molar-refractivity contribution in [2.24, 2.45) is 5.92 Å². The molecule has 1 saturated heterocycles. The quantitative estimate of drug-likeness (QED) is 0.696. The SMILES string of the molecule is CC(C)Oc1ccc(N2C[C@H](C(=O)NCc3n[nH]c(=O)[nH]3)CC2=O)cc1. The van der Waals surface area contributed by atoms with Gasteiger partial charge in [0.05, 0.1) is 18.6 Å². The molecular weight excluding hydrogens is 338 g/mol. The van der Waals surface area contributed by atoms with Gasteiger partial charge >= 0.3 is 5.69 Å². The van der Waals surface area contributed by atoms with Crippen molar-refractivity contribution in [3.8, 4) is 5.75 Å². The molecule has 0 saturated carbocycles. The maximum Gasteiger partial charge on any atom is 0.340 e. The van der Waals surface area contributed by atoms with Gasteiger partial charge in [-0.3, -0.25) is 14.6 Å². The largest absolute Gasteiger partial charge is 0.491 e. The third-order valence-electron chi connectivity index (χ3n) is 4.00. The Morgan fingerprint density at radius 2 is 2.08 bits per heavy atom. The number of aromatic nitrogens is 3. The molecule has 1 aliphatic rings. The van der Waals surface area contributed by atoms with Crippen LogP contribution in [0, 0.1) is 5.92 Å². The molecule has 3 rings (SSSR count). The van der Waals surface area contributed by atoms with Crippen LogP contribution in [0.15, 0.2) is 29.1 Å². The van der Waals surface area contributed by atoms with Crippen LogP contribution in [0.5, 0.6) is 5.75 Å². The maximum atomic E-state index is 12.3. The van der Waals surface area contributed by atoms with Crippen LogP contribution in [-0.4, -0.2) is 39.6 Å². The van der Waals surface area contributed by atoms with Crippen molar-refractivity contribution >= 4 is 17.5 Å². The number of anilines is 1. The monoisotopic (exact) mass is 359 g/mol. The standard InChI is InChI=1S/C17H21N5O4/c1-10(2)26-13-5-3-12(4-6-13)22-9-11(7-15(22)23)16(24)18-8-14-19-17(25)21-20-14/h3-6,10-11H,7-9H2,1-2H3,(H,18,24)(H2,19,20,21,25)/t11-/m1/s1. The van der Waals surface area contributed by atoms with Crippen molar-refractivity contribution in [2.75, 3.05) is 11.4 Å². The van der Waals surface area contributed by atoms with E-state index in [0.29, 0.717) is 12.4 Å². The summed E-state index contributed by atoms with van der Waals surface area (Å²) in [5, 5.41) is 8.64. The summed E-state index contributed by atoms with van der Waals surface area (Å²) in [5.41, 5.74) is 0.305. The number of rotatable bonds is 6. The minimum Gasteiger partial charge on any atom is -0.491 e. The summed E-state index contributed by atoms with van der Waals surface area (Å²) in [6.45, 7) is 4.30. The third kappa shape index (κ3) is 4.11. The molecule has 2 aromatic rings. The zero-order chi connectivity index (χ0) is 18.7. The predicted molar refractivity (Wildman–Crippen MR) is 93.7 cm³/mol. The molecule has 0 radical (unpaired) electrons. The van der Waals surface area contributed by atoms with Crippen LogP contribution in [-0.2, 0) is 16.1 Å². The van der Waals surface area contributed by atoms with Gasteiger partial charge in [0.1, 0.15) is 11.6 Å². The number of amides is 2. The Hall–Kier alpha value is -3.10. The zero-order valence-corrected chi connectivity index (χ0v) is 14.6. The molecule has 1 atom stereocenters. The second-order valence-electron chi connectivity index (χ2n) is 6.41. The van der Waals surface area contributed by atoms with Gasteiger partial charge in [0.15, 0.2) is 0 Å². The van der Waals surface area contributed by atoms with Gasteiger partial charge in [0, 0.05) is 18.7 Å². The van der Waals surface area contributed by atoms with Gasteiger partial charge in [-0.05, 0) is 38.1 Å². The predicted octanol–water partition coefficient (Wildman–Crippen LogP) is 0.555. The Bertz CT molecular complexity index is 839. The molecule has 2 heterocycles. The van der Waals surface area contributed by atoms with E-state index in [1.807, 2.05) is 38.1 Å². The van der Waals surface area contributed by atoms with E-state index in [4.69, 9.17) is 4.74 Å². The summed E-state index contributed by atoms with van der Waals surface area (Å²) in [6, 6.07) is 7.24. The lowest BCUT2D eigenvalue weighted by Gasteiger charge is -2.17. The molecule has 1 aliphatic heterocycles. The van der Waals surface area contributed by atoms with Crippen LogP contribution in [0.25, 0.3) is 0 Å². The van der Waals surface area contributed by atoms with Gasteiger partial charge in [-0.25, -0.2) is 9.89 Å². The fraction of sp³-hybridized carbons (Fsp3) is 0.412. The lowest BCUT2D eigenvalue weighted by atomic mass is 10.1. The summed E-state index contributed by atoms with van der Waals surface area (Å²) in [7, 11) is 0. The molecule has 9 nitrogen and oxygen atoms in total. The smallest absolute Gasteiger partial charge is 0.340 e. The fourth-order valence-electron chi connectivity index (χ4n) is 2.81. The number of nitrogens with one attached hydrogen (secondary N) is 3. The lowest BCUT2D eigenvalue weighted by Crippen LogP contribution is -2.33. The number of benzene rings is 1. The van der Waals surface area contributed by atoms with E-state index in [0.717, 1.165) is 11.4 Å². The fourth-order valence-corrected chi connectivity index (χ4v) is 2.81. The zero-order valence-electron chi connectivity index (χ0n) is 14.6. The van der Waals surface area contributed by atoms with Crippen LogP contribution in [0.4, 0.5) is 5.69 Å². The molecule has 0 unspecified atom stereocenters. The maximum absolute atomic E-state index is 12.3. The number of hydrogen-bond donors (Lipinski definition) is 3. The van der Waals surface area contributed by atoms with Crippen molar-refractivity contribution in [1.29, 1.82) is 0 Å². The minimum absolute atomic E-state index is 0.0757. The first-order chi connectivity index (χ1) is 12.4. The number of carbonyl (C=O) groups excluding carboxylic acids is 2. The molecule has 0 aliphatic carbocycles.